The van der Waals surface area contributed by atoms with Crippen LogP contribution in [0.4, 0.5) is 0 Å². The van der Waals surface area contributed by atoms with Crippen molar-refractivity contribution in [3.8, 4) is 0 Å². The van der Waals surface area contributed by atoms with E-state index in [2.05, 4.69) is 19.9 Å². The van der Waals surface area contributed by atoms with Crippen LogP contribution in [0.2, 0.25) is 5.02 Å². The van der Waals surface area contributed by atoms with Gasteiger partial charge in [0.15, 0.2) is 0 Å². The lowest BCUT2D eigenvalue weighted by atomic mass is 10.3. The van der Waals surface area contributed by atoms with Crippen LogP contribution < -0.4 is 0 Å². The molecule has 0 aliphatic carbocycles. The van der Waals surface area contributed by atoms with E-state index >= 15 is 0 Å². The lowest BCUT2D eigenvalue weighted by molar-refractivity contribution is 0.516. The Labute approximate surface area is 126 Å². The number of para-hydroxylation sites is 1. The van der Waals surface area contributed by atoms with Crippen LogP contribution in [0.3, 0.4) is 0 Å². The van der Waals surface area contributed by atoms with Crippen molar-refractivity contribution in [2.24, 2.45) is 0 Å². The third-order valence-electron chi connectivity index (χ3n) is 3.15. The predicted molar refractivity (Wildman–Crippen MR) is 79.2 cm³/mol. The number of hydrogen-bond acceptors (Lipinski definition) is 3. The van der Waals surface area contributed by atoms with Gasteiger partial charge in [-0.15, -0.1) is 16.7 Å². The second-order valence-electron chi connectivity index (χ2n) is 4.39. The lowest BCUT2D eigenvalue weighted by Crippen LogP contribution is -2.11. The summed E-state index contributed by atoms with van der Waals surface area (Å²) in [5.41, 5.74) is 1.85. The Hall–Kier alpha value is -1.59. The van der Waals surface area contributed by atoms with Gasteiger partial charge in [-0.3, -0.25) is 4.68 Å². The van der Waals surface area contributed by atoms with Gasteiger partial charge in [0.1, 0.15) is 11.3 Å². The van der Waals surface area contributed by atoms with Gasteiger partial charge < -0.3 is 4.57 Å². The number of aromatic nitrogens is 5. The fourth-order valence-electron chi connectivity index (χ4n) is 2.24. The van der Waals surface area contributed by atoms with Crippen molar-refractivity contribution in [1.82, 2.24) is 24.5 Å². The maximum absolute atomic E-state index is 6.21. The Morgan fingerprint density at radius 1 is 1.20 bits per heavy atom. The van der Waals surface area contributed by atoms with Crippen LogP contribution in [0.25, 0.3) is 11.0 Å². The third kappa shape index (κ3) is 2.51. The van der Waals surface area contributed by atoms with E-state index in [0.717, 1.165) is 29.9 Å². The van der Waals surface area contributed by atoms with Gasteiger partial charge in [0.2, 0.25) is 0 Å². The van der Waals surface area contributed by atoms with Crippen LogP contribution in [0, 0.1) is 0 Å². The summed E-state index contributed by atoms with van der Waals surface area (Å²) in [6.07, 6.45) is 4.22. The normalized spacial score (nSPS) is 11.3. The summed E-state index contributed by atoms with van der Waals surface area (Å²) >= 11 is 12.1. The number of aryl methyl sites for hydroxylation is 3. The molecule has 0 aliphatic heterocycles. The quantitative estimate of drug-likeness (QED) is 0.681. The molecular formula is C13H13Cl2N5. The minimum atomic E-state index is 0.532. The molecule has 0 spiro atoms. The highest BCUT2D eigenvalue weighted by Crippen LogP contribution is 2.24. The van der Waals surface area contributed by atoms with E-state index < -0.39 is 0 Å². The molecule has 0 unspecified atom stereocenters. The van der Waals surface area contributed by atoms with Crippen molar-refractivity contribution < 1.29 is 0 Å². The predicted octanol–water partition coefficient (Wildman–Crippen LogP) is 2.76. The van der Waals surface area contributed by atoms with Crippen molar-refractivity contribution in [3.63, 3.8) is 0 Å². The molecule has 5 nitrogen and oxygen atoms in total. The Bertz CT molecular complexity index is 705. The number of rotatable bonds is 5. The van der Waals surface area contributed by atoms with Gasteiger partial charge in [-0.1, -0.05) is 22.9 Å². The Balaban J connectivity index is 1.98. The lowest BCUT2D eigenvalue weighted by Gasteiger charge is -2.08. The average Bonchev–Trinajstić information content (AvgIpc) is 3.05. The van der Waals surface area contributed by atoms with Gasteiger partial charge >= 0.3 is 0 Å². The zero-order valence-corrected chi connectivity index (χ0v) is 12.2. The number of alkyl halides is 1. The smallest absolute Gasteiger partial charge is 0.111 e. The average molecular weight is 310 g/mol. The monoisotopic (exact) mass is 309 g/mol. The molecule has 0 radical (unpaired) electrons. The van der Waals surface area contributed by atoms with Crippen LogP contribution in [0.15, 0.2) is 30.6 Å². The molecule has 0 amide bonds. The fourth-order valence-corrected chi connectivity index (χ4v) is 2.62. The van der Waals surface area contributed by atoms with Crippen molar-refractivity contribution in [2.45, 2.75) is 19.5 Å². The Kier molecular flexibility index (Phi) is 3.89. The van der Waals surface area contributed by atoms with Crippen molar-refractivity contribution in [1.29, 1.82) is 0 Å². The number of nitrogens with zero attached hydrogens (tertiary/aromatic N) is 5. The first-order valence-corrected chi connectivity index (χ1v) is 7.24. The van der Waals surface area contributed by atoms with Gasteiger partial charge in [-0.05, 0) is 12.1 Å². The second-order valence-corrected chi connectivity index (χ2v) is 5.18. The summed E-state index contributed by atoms with van der Waals surface area (Å²) in [6, 6.07) is 5.80. The molecule has 0 bridgehead atoms. The highest BCUT2D eigenvalue weighted by Gasteiger charge is 2.12. The van der Waals surface area contributed by atoms with E-state index in [-0.39, 0.29) is 0 Å². The first kappa shape index (κ1) is 13.4. The summed E-state index contributed by atoms with van der Waals surface area (Å²) in [5, 5.41) is 8.44. The molecule has 104 valence electrons. The molecule has 7 heteroatoms. The summed E-state index contributed by atoms with van der Waals surface area (Å²) in [7, 11) is 0. The molecule has 2 aromatic heterocycles. The molecular weight excluding hydrogens is 297 g/mol. The number of benzene rings is 1. The molecule has 0 saturated carbocycles. The van der Waals surface area contributed by atoms with Gasteiger partial charge in [0.25, 0.3) is 0 Å². The molecule has 0 fully saturated rings. The minimum absolute atomic E-state index is 0.532. The maximum atomic E-state index is 6.21. The highest BCUT2D eigenvalue weighted by molar-refractivity contribution is 6.34. The minimum Gasteiger partial charge on any atom is -0.326 e. The molecule has 2 heterocycles. The van der Waals surface area contributed by atoms with Crippen molar-refractivity contribution >= 4 is 34.2 Å². The zero-order chi connectivity index (χ0) is 13.9. The highest BCUT2D eigenvalue weighted by atomic mass is 35.5. The molecule has 0 N–H and O–H groups in total. The topological polar surface area (TPSA) is 48.5 Å². The summed E-state index contributed by atoms with van der Waals surface area (Å²) in [6.45, 7) is 1.49. The summed E-state index contributed by atoms with van der Waals surface area (Å²) in [5.74, 6) is 1.48. The largest absolute Gasteiger partial charge is 0.326 e. The molecule has 3 aromatic rings. The number of fused-ring (bicyclic) bond motifs is 1. The fraction of sp³-hybridized carbons (Fsp3) is 0.308. The van der Waals surface area contributed by atoms with Crippen molar-refractivity contribution in [3.05, 3.63) is 41.4 Å². The van der Waals surface area contributed by atoms with Gasteiger partial charge in [0, 0.05) is 25.0 Å². The van der Waals surface area contributed by atoms with Crippen LogP contribution >= 0.6 is 23.2 Å². The Morgan fingerprint density at radius 3 is 2.85 bits per heavy atom. The molecule has 20 heavy (non-hydrogen) atoms. The molecule has 0 aliphatic rings. The number of imidazole rings is 1. The zero-order valence-electron chi connectivity index (χ0n) is 10.7. The summed E-state index contributed by atoms with van der Waals surface area (Å²) < 4.78 is 3.94. The van der Waals surface area contributed by atoms with Gasteiger partial charge in [-0.25, -0.2) is 4.98 Å². The van der Waals surface area contributed by atoms with Gasteiger partial charge in [-0.2, -0.15) is 0 Å². The Morgan fingerprint density at radius 2 is 2.10 bits per heavy atom. The second kappa shape index (κ2) is 5.81. The molecule has 0 saturated heterocycles. The maximum Gasteiger partial charge on any atom is 0.111 e. The third-order valence-corrected chi connectivity index (χ3v) is 3.65. The number of halogens is 2. The standard InChI is InChI=1S/C13H13Cl2N5/c14-5-4-12-17-13-10(15)2-1-3-11(13)20(12)9-8-19-7-6-16-18-19/h1-3,6-7H,4-5,8-9H2. The SMILES string of the molecule is ClCCc1nc2c(Cl)cccc2n1CCn1ccnn1. The van der Waals surface area contributed by atoms with E-state index in [1.54, 1.807) is 10.9 Å². The van der Waals surface area contributed by atoms with Crippen LogP contribution in [0.5, 0.6) is 0 Å². The molecule has 1 aromatic carbocycles. The summed E-state index contributed by atoms with van der Waals surface area (Å²) in [4.78, 5) is 4.60. The first-order valence-electron chi connectivity index (χ1n) is 6.33. The number of hydrogen-bond donors (Lipinski definition) is 0. The first-order chi connectivity index (χ1) is 9.79. The van der Waals surface area contributed by atoms with E-state index in [1.807, 2.05) is 24.4 Å². The molecule has 0 atom stereocenters. The van der Waals surface area contributed by atoms with E-state index in [4.69, 9.17) is 23.2 Å². The van der Waals surface area contributed by atoms with Crippen molar-refractivity contribution in [2.75, 3.05) is 5.88 Å². The van der Waals surface area contributed by atoms with E-state index in [0.29, 0.717) is 17.3 Å². The van der Waals surface area contributed by atoms with Crippen LogP contribution in [-0.2, 0) is 19.5 Å². The van der Waals surface area contributed by atoms with Gasteiger partial charge in [0.05, 0.1) is 23.3 Å². The van der Waals surface area contributed by atoms with Crippen LogP contribution in [0.1, 0.15) is 5.82 Å². The molecule has 3 rings (SSSR count). The van der Waals surface area contributed by atoms with E-state index in [1.165, 1.54) is 0 Å². The van der Waals surface area contributed by atoms with E-state index in [9.17, 15) is 0 Å². The van der Waals surface area contributed by atoms with Crippen LogP contribution in [-0.4, -0.2) is 30.4 Å².